The van der Waals surface area contributed by atoms with Crippen LogP contribution >= 0.6 is 11.8 Å². The first-order chi connectivity index (χ1) is 14.5. The molecule has 30 heavy (non-hydrogen) atoms. The van der Waals surface area contributed by atoms with Crippen LogP contribution in [0.15, 0.2) is 48.5 Å². The summed E-state index contributed by atoms with van der Waals surface area (Å²) in [5, 5.41) is 0.0504. The molecule has 0 saturated carbocycles. The Morgan fingerprint density at radius 2 is 1.83 bits per heavy atom. The Labute approximate surface area is 180 Å². The molecule has 0 aromatic heterocycles. The van der Waals surface area contributed by atoms with Gasteiger partial charge in [-0.3, -0.25) is 9.69 Å². The summed E-state index contributed by atoms with van der Waals surface area (Å²) in [7, 11) is 0. The van der Waals surface area contributed by atoms with Gasteiger partial charge < -0.3 is 9.80 Å². The second-order valence-electron chi connectivity index (χ2n) is 7.74. The van der Waals surface area contributed by atoms with Gasteiger partial charge in [0.15, 0.2) is 0 Å². The number of aryl methyl sites for hydroxylation is 1. The van der Waals surface area contributed by atoms with Gasteiger partial charge in [-0.25, -0.2) is 9.18 Å². The molecule has 5 nitrogen and oxygen atoms in total. The maximum absolute atomic E-state index is 14.1. The molecule has 2 aliphatic heterocycles. The predicted molar refractivity (Wildman–Crippen MR) is 118 cm³/mol. The van der Waals surface area contributed by atoms with Crippen LogP contribution in [-0.2, 0) is 4.79 Å². The van der Waals surface area contributed by atoms with Crippen molar-refractivity contribution in [2.45, 2.75) is 18.6 Å². The van der Waals surface area contributed by atoms with E-state index in [0.717, 1.165) is 17.0 Å². The number of rotatable bonds is 4. The van der Waals surface area contributed by atoms with Crippen molar-refractivity contribution >= 4 is 29.4 Å². The van der Waals surface area contributed by atoms with E-state index in [1.165, 1.54) is 6.07 Å². The van der Waals surface area contributed by atoms with Crippen LogP contribution in [0.3, 0.4) is 0 Å². The van der Waals surface area contributed by atoms with Gasteiger partial charge in [-0.05, 0) is 31.5 Å². The summed E-state index contributed by atoms with van der Waals surface area (Å²) in [6.45, 7) is 4.43. The fourth-order valence-corrected chi connectivity index (χ4v) is 5.21. The summed E-state index contributed by atoms with van der Waals surface area (Å²) < 4.78 is 14.1. The SMILES string of the molecule is Cc1ccc(N2CCN(CC(=O)N3CCSC(c4ccccc4F)CC3)C2=O)cc1. The molecule has 158 valence electrons. The maximum atomic E-state index is 14.1. The van der Waals surface area contributed by atoms with E-state index in [1.54, 1.807) is 27.6 Å². The molecule has 0 radical (unpaired) electrons. The van der Waals surface area contributed by atoms with Crippen molar-refractivity contribution in [3.8, 4) is 0 Å². The van der Waals surface area contributed by atoms with E-state index in [-0.39, 0.29) is 29.6 Å². The molecular weight excluding hydrogens is 401 g/mol. The fraction of sp³-hybridized carbons (Fsp3) is 0.391. The van der Waals surface area contributed by atoms with E-state index in [1.807, 2.05) is 48.2 Å². The summed E-state index contributed by atoms with van der Waals surface area (Å²) in [5.41, 5.74) is 2.71. The Bertz CT molecular complexity index is 921. The molecule has 0 aliphatic carbocycles. The van der Waals surface area contributed by atoms with Crippen LogP contribution in [0.25, 0.3) is 0 Å². The Balaban J connectivity index is 1.34. The van der Waals surface area contributed by atoms with Crippen LogP contribution in [0.1, 0.15) is 22.8 Å². The predicted octanol–water partition coefficient (Wildman–Crippen LogP) is 4.08. The minimum atomic E-state index is -0.186. The fourth-order valence-electron chi connectivity index (χ4n) is 3.96. The lowest BCUT2D eigenvalue weighted by Gasteiger charge is -2.24. The molecule has 7 heteroatoms. The van der Waals surface area contributed by atoms with E-state index < -0.39 is 0 Å². The van der Waals surface area contributed by atoms with E-state index in [4.69, 9.17) is 0 Å². The van der Waals surface area contributed by atoms with Crippen LogP contribution in [0.5, 0.6) is 0 Å². The van der Waals surface area contributed by atoms with E-state index in [9.17, 15) is 14.0 Å². The zero-order valence-electron chi connectivity index (χ0n) is 17.1. The van der Waals surface area contributed by atoms with Gasteiger partial charge in [-0.2, -0.15) is 11.8 Å². The number of anilines is 1. The average molecular weight is 428 g/mol. The van der Waals surface area contributed by atoms with Crippen molar-refractivity contribution in [3.05, 3.63) is 65.5 Å². The summed E-state index contributed by atoms with van der Waals surface area (Å²) in [4.78, 5) is 30.8. The number of urea groups is 1. The smallest absolute Gasteiger partial charge is 0.325 e. The zero-order valence-corrected chi connectivity index (χ0v) is 17.9. The Morgan fingerprint density at radius 1 is 1.07 bits per heavy atom. The molecule has 3 amide bonds. The van der Waals surface area contributed by atoms with Crippen molar-refractivity contribution in [3.63, 3.8) is 0 Å². The molecule has 2 fully saturated rings. The molecule has 0 N–H and O–H groups in total. The highest BCUT2D eigenvalue weighted by atomic mass is 32.2. The Hall–Kier alpha value is -2.54. The van der Waals surface area contributed by atoms with Crippen LogP contribution in [0.4, 0.5) is 14.9 Å². The van der Waals surface area contributed by atoms with Crippen molar-refractivity contribution in [2.24, 2.45) is 0 Å². The number of thioether (sulfide) groups is 1. The number of carbonyl (C=O) groups is 2. The minimum absolute atomic E-state index is 0.0381. The van der Waals surface area contributed by atoms with Crippen molar-refractivity contribution in [1.82, 2.24) is 9.80 Å². The van der Waals surface area contributed by atoms with Gasteiger partial charge in [-0.15, -0.1) is 0 Å². The van der Waals surface area contributed by atoms with Gasteiger partial charge in [0.05, 0.1) is 0 Å². The second kappa shape index (κ2) is 9.08. The van der Waals surface area contributed by atoms with Crippen LogP contribution in [0, 0.1) is 12.7 Å². The van der Waals surface area contributed by atoms with Crippen molar-refractivity contribution in [2.75, 3.05) is 43.4 Å². The summed E-state index contributed by atoms with van der Waals surface area (Å²) in [5.74, 6) is 0.534. The molecule has 4 rings (SSSR count). The van der Waals surface area contributed by atoms with E-state index in [2.05, 4.69) is 0 Å². The lowest BCUT2D eigenvalue weighted by Crippen LogP contribution is -2.43. The van der Waals surface area contributed by atoms with Gasteiger partial charge in [0.1, 0.15) is 12.4 Å². The monoisotopic (exact) mass is 427 g/mol. The van der Waals surface area contributed by atoms with Gasteiger partial charge in [0, 0.05) is 48.4 Å². The number of hydrogen-bond acceptors (Lipinski definition) is 3. The lowest BCUT2D eigenvalue weighted by atomic mass is 10.1. The zero-order chi connectivity index (χ0) is 21.1. The van der Waals surface area contributed by atoms with Gasteiger partial charge in [-0.1, -0.05) is 35.9 Å². The Morgan fingerprint density at radius 3 is 2.60 bits per heavy atom. The standard InChI is InChI=1S/C23H26FN3O2S/c1-17-6-8-18(9-7-17)27-13-12-26(23(27)29)16-22(28)25-11-10-21(30-15-14-25)19-4-2-3-5-20(19)24/h2-9,21H,10-16H2,1H3. The molecule has 1 atom stereocenters. The molecule has 2 aliphatic rings. The lowest BCUT2D eigenvalue weighted by molar-refractivity contribution is -0.131. The maximum Gasteiger partial charge on any atom is 0.325 e. The first-order valence-corrected chi connectivity index (χ1v) is 11.3. The molecule has 2 saturated heterocycles. The van der Waals surface area contributed by atoms with E-state index in [0.29, 0.717) is 38.2 Å². The molecule has 1 unspecified atom stereocenters. The number of hydrogen-bond donors (Lipinski definition) is 0. The third kappa shape index (κ3) is 4.46. The molecule has 2 heterocycles. The van der Waals surface area contributed by atoms with Gasteiger partial charge in [0.25, 0.3) is 0 Å². The highest BCUT2D eigenvalue weighted by Gasteiger charge is 2.32. The Kier molecular flexibility index (Phi) is 6.27. The second-order valence-corrected chi connectivity index (χ2v) is 9.05. The summed E-state index contributed by atoms with van der Waals surface area (Å²) in [6.07, 6.45) is 0.709. The first kappa shape index (κ1) is 20.7. The average Bonchev–Trinajstić information content (AvgIpc) is 2.95. The van der Waals surface area contributed by atoms with Crippen molar-refractivity contribution < 1.29 is 14.0 Å². The normalized spacial score (nSPS) is 19.9. The van der Waals surface area contributed by atoms with Crippen LogP contribution in [-0.4, -0.2) is 60.2 Å². The number of carbonyl (C=O) groups excluding carboxylic acids is 2. The summed E-state index contributed by atoms with van der Waals surface area (Å²) >= 11 is 1.69. The number of halogens is 1. The highest BCUT2D eigenvalue weighted by Crippen LogP contribution is 2.35. The molecular formula is C23H26FN3O2S. The van der Waals surface area contributed by atoms with Crippen molar-refractivity contribution in [1.29, 1.82) is 0 Å². The van der Waals surface area contributed by atoms with Gasteiger partial charge in [0.2, 0.25) is 5.91 Å². The van der Waals surface area contributed by atoms with Gasteiger partial charge >= 0.3 is 6.03 Å². The van der Waals surface area contributed by atoms with E-state index >= 15 is 0 Å². The minimum Gasteiger partial charge on any atom is -0.340 e. The molecule has 2 aromatic carbocycles. The number of nitrogens with zero attached hydrogens (tertiary/aromatic N) is 3. The topological polar surface area (TPSA) is 43.9 Å². The molecule has 2 aromatic rings. The highest BCUT2D eigenvalue weighted by molar-refractivity contribution is 7.99. The van der Waals surface area contributed by atoms with Crippen LogP contribution < -0.4 is 4.90 Å². The molecule has 0 bridgehead atoms. The number of amides is 3. The third-order valence-corrected chi connectivity index (χ3v) is 7.02. The molecule has 0 spiro atoms. The largest absolute Gasteiger partial charge is 0.340 e. The first-order valence-electron chi connectivity index (χ1n) is 10.3. The quantitative estimate of drug-likeness (QED) is 0.739. The summed E-state index contributed by atoms with van der Waals surface area (Å²) in [6, 6.07) is 14.6. The van der Waals surface area contributed by atoms with Crippen LogP contribution in [0.2, 0.25) is 0 Å². The number of benzene rings is 2. The third-order valence-electron chi connectivity index (χ3n) is 5.71.